The van der Waals surface area contributed by atoms with Crippen LogP contribution < -0.4 is 0 Å². The molecule has 20 heavy (non-hydrogen) atoms. The average Bonchev–Trinajstić information content (AvgIpc) is 3.01. The third-order valence-corrected chi connectivity index (χ3v) is 4.31. The highest BCUT2D eigenvalue weighted by Crippen LogP contribution is 2.28. The molecule has 0 radical (unpaired) electrons. The molecule has 0 bridgehead atoms. The van der Waals surface area contributed by atoms with E-state index in [1.165, 1.54) is 44.9 Å². The van der Waals surface area contributed by atoms with Crippen LogP contribution >= 0.6 is 0 Å². The number of rotatable bonds is 10. The van der Waals surface area contributed by atoms with Crippen molar-refractivity contribution in [1.29, 1.82) is 0 Å². The number of unbranched alkanes of at least 4 members (excludes halogenated alkanes) is 7. The predicted molar refractivity (Wildman–Crippen MR) is 77.8 cm³/mol. The first-order chi connectivity index (χ1) is 9.83. The Kier molecular flexibility index (Phi) is 7.28. The van der Waals surface area contributed by atoms with Crippen LogP contribution in [0, 0.1) is 0 Å². The Balaban J connectivity index is 1.44. The maximum atomic E-state index is 9.64. The number of hydrogen-bond donors (Lipinski definition) is 1. The molecule has 1 N–H and O–H groups in total. The van der Waals surface area contributed by atoms with Gasteiger partial charge in [0.15, 0.2) is 0 Å². The number of fused-ring (bicyclic) bond motifs is 1. The van der Waals surface area contributed by atoms with E-state index in [0.717, 1.165) is 13.0 Å². The molecule has 2 rings (SSSR count). The van der Waals surface area contributed by atoms with E-state index in [1.807, 2.05) is 0 Å². The number of ether oxygens (including phenoxy) is 3. The zero-order valence-corrected chi connectivity index (χ0v) is 12.8. The molecule has 2 aliphatic heterocycles. The third kappa shape index (κ3) is 4.69. The van der Waals surface area contributed by atoms with Crippen LogP contribution in [0.15, 0.2) is 0 Å². The Bertz CT molecular complexity index is 259. The second-order valence-corrected chi connectivity index (χ2v) is 6.05. The van der Waals surface area contributed by atoms with Crippen molar-refractivity contribution in [2.75, 3.05) is 19.8 Å². The lowest BCUT2D eigenvalue weighted by molar-refractivity contribution is -0.0378. The summed E-state index contributed by atoms with van der Waals surface area (Å²) in [7, 11) is 0. The largest absolute Gasteiger partial charge is 0.388 e. The van der Waals surface area contributed by atoms with Crippen LogP contribution in [0.2, 0.25) is 0 Å². The molecule has 0 amide bonds. The minimum atomic E-state index is -0.475. The van der Waals surface area contributed by atoms with Gasteiger partial charge in [-0.15, -0.1) is 0 Å². The predicted octanol–water partition coefficient (Wildman–Crippen LogP) is 2.67. The second-order valence-electron chi connectivity index (χ2n) is 6.05. The molecule has 118 valence electrons. The van der Waals surface area contributed by atoms with Crippen LogP contribution in [-0.2, 0) is 14.2 Å². The van der Waals surface area contributed by atoms with Gasteiger partial charge in [0.2, 0.25) is 0 Å². The highest BCUT2D eigenvalue weighted by atomic mass is 16.6. The molecule has 2 heterocycles. The summed E-state index contributed by atoms with van der Waals surface area (Å²) in [6.45, 7) is 3.98. The topological polar surface area (TPSA) is 47.9 Å². The highest BCUT2D eigenvalue weighted by Gasteiger charge is 2.47. The van der Waals surface area contributed by atoms with E-state index in [4.69, 9.17) is 14.2 Å². The first-order valence-corrected chi connectivity index (χ1v) is 8.35. The van der Waals surface area contributed by atoms with Crippen LogP contribution in [0.1, 0.15) is 58.3 Å². The first-order valence-electron chi connectivity index (χ1n) is 8.35. The minimum Gasteiger partial charge on any atom is -0.388 e. The van der Waals surface area contributed by atoms with E-state index in [9.17, 15) is 5.11 Å². The lowest BCUT2D eigenvalue weighted by Crippen LogP contribution is -2.33. The monoisotopic (exact) mass is 286 g/mol. The van der Waals surface area contributed by atoms with Gasteiger partial charge in [-0.05, 0) is 6.42 Å². The van der Waals surface area contributed by atoms with Gasteiger partial charge >= 0.3 is 0 Å². The zero-order chi connectivity index (χ0) is 14.2. The van der Waals surface area contributed by atoms with Crippen LogP contribution in [0.3, 0.4) is 0 Å². The van der Waals surface area contributed by atoms with Gasteiger partial charge in [0.1, 0.15) is 24.4 Å². The van der Waals surface area contributed by atoms with Gasteiger partial charge in [0, 0.05) is 6.61 Å². The molecule has 2 fully saturated rings. The third-order valence-electron chi connectivity index (χ3n) is 4.31. The van der Waals surface area contributed by atoms with E-state index < -0.39 is 6.10 Å². The second kappa shape index (κ2) is 8.98. The molecule has 0 unspecified atom stereocenters. The van der Waals surface area contributed by atoms with Gasteiger partial charge in [0.25, 0.3) is 0 Å². The number of aliphatic hydroxyl groups is 1. The molecule has 4 nitrogen and oxygen atoms in total. The molecule has 0 aromatic carbocycles. The summed E-state index contributed by atoms with van der Waals surface area (Å²) >= 11 is 0. The number of aliphatic hydroxyl groups excluding tert-OH is 1. The summed E-state index contributed by atoms with van der Waals surface area (Å²) in [4.78, 5) is 0. The fraction of sp³-hybridized carbons (Fsp3) is 1.00. The smallest absolute Gasteiger partial charge is 0.115 e. The summed E-state index contributed by atoms with van der Waals surface area (Å²) in [5, 5.41) is 9.64. The highest BCUT2D eigenvalue weighted by molar-refractivity contribution is 4.94. The van der Waals surface area contributed by atoms with Crippen molar-refractivity contribution in [2.24, 2.45) is 0 Å². The molecule has 2 saturated heterocycles. The average molecular weight is 286 g/mol. The summed E-state index contributed by atoms with van der Waals surface area (Å²) in [5.74, 6) is 0. The Morgan fingerprint density at radius 1 is 0.900 bits per heavy atom. The van der Waals surface area contributed by atoms with E-state index in [1.54, 1.807) is 0 Å². The van der Waals surface area contributed by atoms with E-state index in [0.29, 0.717) is 13.2 Å². The van der Waals surface area contributed by atoms with Gasteiger partial charge < -0.3 is 19.3 Å². The van der Waals surface area contributed by atoms with Gasteiger partial charge in [-0.1, -0.05) is 51.9 Å². The van der Waals surface area contributed by atoms with E-state index >= 15 is 0 Å². The molecule has 0 aliphatic carbocycles. The summed E-state index contributed by atoms with van der Waals surface area (Å²) < 4.78 is 16.9. The summed E-state index contributed by atoms with van der Waals surface area (Å²) in [6, 6.07) is 0. The Hall–Kier alpha value is -0.160. The van der Waals surface area contributed by atoms with Crippen molar-refractivity contribution >= 4 is 0 Å². The Labute approximate surface area is 122 Å². The first kappa shape index (κ1) is 16.2. The van der Waals surface area contributed by atoms with Crippen LogP contribution in [0.5, 0.6) is 0 Å². The van der Waals surface area contributed by atoms with Gasteiger partial charge in [0.05, 0.1) is 13.2 Å². The van der Waals surface area contributed by atoms with Crippen LogP contribution in [0.25, 0.3) is 0 Å². The van der Waals surface area contributed by atoms with Gasteiger partial charge in [-0.3, -0.25) is 0 Å². The van der Waals surface area contributed by atoms with Crippen molar-refractivity contribution in [1.82, 2.24) is 0 Å². The van der Waals surface area contributed by atoms with Crippen molar-refractivity contribution in [3.05, 3.63) is 0 Å². The Morgan fingerprint density at radius 3 is 2.30 bits per heavy atom. The fourth-order valence-corrected chi connectivity index (χ4v) is 3.06. The van der Waals surface area contributed by atoms with Crippen molar-refractivity contribution in [3.8, 4) is 0 Å². The van der Waals surface area contributed by atoms with E-state index in [-0.39, 0.29) is 18.3 Å². The lowest BCUT2D eigenvalue weighted by Gasteiger charge is -2.16. The SMILES string of the molecule is CCCCCCCCCCO[C@@H]1CO[C@H]2[C@@H]1OC[C@@H]2O. The molecule has 0 spiro atoms. The van der Waals surface area contributed by atoms with E-state index in [2.05, 4.69) is 6.92 Å². The van der Waals surface area contributed by atoms with Gasteiger partial charge in [-0.2, -0.15) is 0 Å². The van der Waals surface area contributed by atoms with Crippen LogP contribution in [0.4, 0.5) is 0 Å². The Morgan fingerprint density at radius 2 is 1.55 bits per heavy atom. The molecule has 0 saturated carbocycles. The van der Waals surface area contributed by atoms with Gasteiger partial charge in [-0.25, -0.2) is 0 Å². The maximum Gasteiger partial charge on any atom is 0.115 e. The molecular weight excluding hydrogens is 256 g/mol. The summed E-state index contributed by atoms with van der Waals surface area (Å²) in [5.41, 5.74) is 0. The normalized spacial score (nSPS) is 32.7. The summed E-state index contributed by atoms with van der Waals surface area (Å²) in [6.07, 6.45) is 9.80. The standard InChI is InChI=1S/C16H30O4/c1-2-3-4-5-6-7-8-9-10-18-14-12-20-15-13(17)11-19-16(14)15/h13-17H,2-12H2,1H3/t13-,14+,15+,16+/m0/s1. The van der Waals surface area contributed by atoms with Crippen molar-refractivity contribution < 1.29 is 19.3 Å². The molecule has 2 aliphatic rings. The minimum absolute atomic E-state index is 0.0155. The molecule has 0 aromatic rings. The lowest BCUT2D eigenvalue weighted by atomic mass is 10.1. The van der Waals surface area contributed by atoms with Crippen molar-refractivity contribution in [3.63, 3.8) is 0 Å². The molecule has 0 aromatic heterocycles. The van der Waals surface area contributed by atoms with Crippen LogP contribution in [-0.4, -0.2) is 49.3 Å². The molecule has 4 heteroatoms. The quantitative estimate of drug-likeness (QED) is 0.627. The zero-order valence-electron chi connectivity index (χ0n) is 12.8. The van der Waals surface area contributed by atoms with Crippen molar-refractivity contribution in [2.45, 2.75) is 82.7 Å². The maximum absolute atomic E-state index is 9.64. The molecular formula is C16H30O4. The fourth-order valence-electron chi connectivity index (χ4n) is 3.06. The molecule has 4 atom stereocenters. The number of hydrogen-bond acceptors (Lipinski definition) is 4.